The largest absolute Gasteiger partial charge is 0.497 e. The fourth-order valence-electron chi connectivity index (χ4n) is 3.09. The molecule has 31 heavy (non-hydrogen) atoms. The number of methoxy groups -OCH3 is 1. The van der Waals surface area contributed by atoms with Crippen molar-refractivity contribution in [2.45, 2.75) is 17.9 Å². The predicted octanol–water partition coefficient (Wildman–Crippen LogP) is 6.78. The number of amides is 1. The van der Waals surface area contributed by atoms with Gasteiger partial charge in [-0.3, -0.25) is 9.69 Å². The van der Waals surface area contributed by atoms with Crippen LogP contribution in [0.15, 0.2) is 82.2 Å². The first-order chi connectivity index (χ1) is 15.1. The third-order valence-corrected chi connectivity index (χ3v) is 7.25. The highest BCUT2D eigenvalue weighted by Crippen LogP contribution is 2.32. The number of anilines is 1. The molecule has 3 aromatic carbocycles. The van der Waals surface area contributed by atoms with E-state index in [0.717, 1.165) is 36.0 Å². The summed E-state index contributed by atoms with van der Waals surface area (Å²) in [5, 5.41) is 0.733. The summed E-state index contributed by atoms with van der Waals surface area (Å²) in [4.78, 5) is 20.9. The van der Waals surface area contributed by atoms with Crippen molar-refractivity contribution in [3.05, 3.63) is 82.8 Å². The van der Waals surface area contributed by atoms with Crippen LogP contribution in [0.1, 0.15) is 12.0 Å². The van der Waals surface area contributed by atoms with Crippen LogP contribution in [0.2, 0.25) is 0 Å². The van der Waals surface area contributed by atoms with Gasteiger partial charge in [0, 0.05) is 21.5 Å². The van der Waals surface area contributed by atoms with Gasteiger partial charge in [0.25, 0.3) is 0 Å². The van der Waals surface area contributed by atoms with Crippen LogP contribution in [0.4, 0.5) is 5.13 Å². The Balaban J connectivity index is 1.50. The molecule has 1 aromatic heterocycles. The summed E-state index contributed by atoms with van der Waals surface area (Å²) in [5.74, 6) is 1.60. The summed E-state index contributed by atoms with van der Waals surface area (Å²) in [6, 6.07) is 23.9. The number of hydrogen-bond acceptors (Lipinski definition) is 5. The number of carbonyl (C=O) groups is 1. The number of halogens is 1. The molecule has 0 saturated carbocycles. The second-order valence-electron chi connectivity index (χ2n) is 6.85. The molecule has 0 saturated heterocycles. The van der Waals surface area contributed by atoms with E-state index in [1.807, 2.05) is 77.7 Å². The molecule has 1 heterocycles. The second kappa shape index (κ2) is 10.3. The number of carbonyl (C=O) groups excluding carboxylic acids is 1. The van der Waals surface area contributed by atoms with E-state index >= 15 is 0 Å². The van der Waals surface area contributed by atoms with Gasteiger partial charge in [-0.15, -0.1) is 11.8 Å². The molecule has 0 radical (unpaired) electrons. The Hall–Kier alpha value is -2.35. The lowest BCUT2D eigenvalue weighted by Crippen LogP contribution is -2.30. The maximum atomic E-state index is 13.2. The van der Waals surface area contributed by atoms with Gasteiger partial charge < -0.3 is 4.74 Å². The van der Waals surface area contributed by atoms with Gasteiger partial charge in [-0.2, -0.15) is 0 Å². The van der Waals surface area contributed by atoms with E-state index in [9.17, 15) is 4.79 Å². The first-order valence-electron chi connectivity index (χ1n) is 9.79. The fraction of sp³-hybridized carbons (Fsp3) is 0.167. The molecule has 0 N–H and O–H groups in total. The summed E-state index contributed by atoms with van der Waals surface area (Å²) >= 11 is 6.73. The standard InChI is InChI=1S/C24H21BrN2O2S2/c1-29-19-8-10-20(11-9-19)30-14-13-23(28)27(16-17-5-3-2-4-6-17)24-26-21-12-7-18(25)15-22(21)31-24/h2-12,15H,13-14,16H2,1H3. The number of thiazole rings is 1. The fourth-order valence-corrected chi connectivity index (χ4v) is 5.47. The average Bonchev–Trinajstić information content (AvgIpc) is 3.21. The predicted molar refractivity (Wildman–Crippen MR) is 133 cm³/mol. The molecule has 158 valence electrons. The van der Waals surface area contributed by atoms with Gasteiger partial charge in [0.2, 0.25) is 5.91 Å². The molecule has 0 aliphatic rings. The highest BCUT2D eigenvalue weighted by Gasteiger charge is 2.20. The molecule has 0 spiro atoms. The summed E-state index contributed by atoms with van der Waals surface area (Å²) < 4.78 is 7.27. The van der Waals surface area contributed by atoms with E-state index in [0.29, 0.717) is 18.7 Å². The van der Waals surface area contributed by atoms with Crippen LogP contribution < -0.4 is 9.64 Å². The van der Waals surface area contributed by atoms with Crippen molar-refractivity contribution in [3.8, 4) is 5.75 Å². The van der Waals surface area contributed by atoms with Gasteiger partial charge in [-0.05, 0) is 48.0 Å². The number of hydrogen-bond donors (Lipinski definition) is 0. The van der Waals surface area contributed by atoms with Crippen molar-refractivity contribution in [2.75, 3.05) is 17.8 Å². The number of rotatable bonds is 8. The number of benzene rings is 3. The van der Waals surface area contributed by atoms with Crippen molar-refractivity contribution in [1.82, 2.24) is 4.98 Å². The third kappa shape index (κ3) is 5.67. The van der Waals surface area contributed by atoms with E-state index in [1.54, 1.807) is 30.2 Å². The van der Waals surface area contributed by atoms with Gasteiger partial charge in [0.1, 0.15) is 5.75 Å². The van der Waals surface area contributed by atoms with E-state index in [2.05, 4.69) is 15.9 Å². The molecule has 0 atom stereocenters. The summed E-state index contributed by atoms with van der Waals surface area (Å²) in [5.41, 5.74) is 1.99. The number of fused-ring (bicyclic) bond motifs is 1. The Morgan fingerprint density at radius 1 is 1.10 bits per heavy atom. The molecular formula is C24H21BrN2O2S2. The smallest absolute Gasteiger partial charge is 0.229 e. The Labute approximate surface area is 198 Å². The first kappa shape index (κ1) is 21.9. The van der Waals surface area contributed by atoms with Crippen LogP contribution in [0, 0.1) is 0 Å². The van der Waals surface area contributed by atoms with Gasteiger partial charge in [0.05, 0.1) is 23.9 Å². The lowest BCUT2D eigenvalue weighted by Gasteiger charge is -2.20. The normalized spacial score (nSPS) is 10.9. The molecule has 4 nitrogen and oxygen atoms in total. The minimum absolute atomic E-state index is 0.0722. The minimum Gasteiger partial charge on any atom is -0.497 e. The zero-order valence-corrected chi connectivity index (χ0v) is 20.2. The minimum atomic E-state index is 0.0722. The maximum Gasteiger partial charge on any atom is 0.229 e. The Kier molecular flexibility index (Phi) is 7.27. The molecule has 0 aliphatic carbocycles. The molecule has 0 fully saturated rings. The molecule has 0 bridgehead atoms. The monoisotopic (exact) mass is 512 g/mol. The van der Waals surface area contributed by atoms with Crippen LogP contribution in [0.5, 0.6) is 5.75 Å². The second-order valence-corrected chi connectivity index (χ2v) is 9.94. The number of nitrogens with zero attached hydrogens (tertiary/aromatic N) is 2. The summed E-state index contributed by atoms with van der Waals surface area (Å²) in [7, 11) is 1.66. The molecule has 0 aliphatic heterocycles. The van der Waals surface area contributed by atoms with Crippen LogP contribution in [-0.2, 0) is 11.3 Å². The van der Waals surface area contributed by atoms with Crippen molar-refractivity contribution >= 4 is 60.3 Å². The lowest BCUT2D eigenvalue weighted by molar-refractivity contribution is -0.118. The SMILES string of the molecule is COc1ccc(SCCC(=O)N(Cc2ccccc2)c2nc3ccc(Br)cc3s2)cc1. The number of thioether (sulfide) groups is 1. The Bertz CT molecular complexity index is 1160. The van der Waals surface area contributed by atoms with Crippen LogP contribution in [-0.4, -0.2) is 23.8 Å². The highest BCUT2D eigenvalue weighted by molar-refractivity contribution is 9.10. The van der Waals surface area contributed by atoms with E-state index < -0.39 is 0 Å². The topological polar surface area (TPSA) is 42.4 Å². The Morgan fingerprint density at radius 2 is 1.87 bits per heavy atom. The van der Waals surface area contributed by atoms with Gasteiger partial charge in [0.15, 0.2) is 5.13 Å². The maximum absolute atomic E-state index is 13.2. The molecule has 7 heteroatoms. The average molecular weight is 513 g/mol. The van der Waals surface area contributed by atoms with Gasteiger partial charge in [-0.25, -0.2) is 4.98 Å². The van der Waals surface area contributed by atoms with E-state index in [4.69, 9.17) is 9.72 Å². The molecular weight excluding hydrogens is 492 g/mol. The zero-order chi connectivity index (χ0) is 21.6. The van der Waals surface area contributed by atoms with E-state index in [1.165, 1.54) is 0 Å². The van der Waals surface area contributed by atoms with Crippen molar-refractivity contribution in [1.29, 1.82) is 0 Å². The zero-order valence-electron chi connectivity index (χ0n) is 17.0. The quantitative estimate of drug-likeness (QED) is 0.244. The first-order valence-corrected chi connectivity index (χ1v) is 12.4. The van der Waals surface area contributed by atoms with Crippen LogP contribution in [0.25, 0.3) is 10.2 Å². The molecule has 0 unspecified atom stereocenters. The van der Waals surface area contributed by atoms with Gasteiger partial charge >= 0.3 is 0 Å². The molecule has 4 aromatic rings. The highest BCUT2D eigenvalue weighted by atomic mass is 79.9. The summed E-state index contributed by atoms with van der Waals surface area (Å²) in [6.07, 6.45) is 0.434. The van der Waals surface area contributed by atoms with Crippen molar-refractivity contribution in [2.24, 2.45) is 0 Å². The van der Waals surface area contributed by atoms with Gasteiger partial charge in [-0.1, -0.05) is 57.6 Å². The summed E-state index contributed by atoms with van der Waals surface area (Å²) in [6.45, 7) is 0.508. The third-order valence-electron chi connectivity index (χ3n) is 4.70. The van der Waals surface area contributed by atoms with Crippen molar-refractivity contribution < 1.29 is 9.53 Å². The lowest BCUT2D eigenvalue weighted by atomic mass is 10.2. The van der Waals surface area contributed by atoms with Crippen molar-refractivity contribution in [3.63, 3.8) is 0 Å². The number of aromatic nitrogens is 1. The van der Waals surface area contributed by atoms with Crippen LogP contribution >= 0.6 is 39.0 Å². The number of ether oxygens (including phenoxy) is 1. The Morgan fingerprint density at radius 3 is 2.61 bits per heavy atom. The molecule has 4 rings (SSSR count). The molecule has 1 amide bonds. The van der Waals surface area contributed by atoms with Crippen LogP contribution in [0.3, 0.4) is 0 Å². The van der Waals surface area contributed by atoms with E-state index in [-0.39, 0.29) is 5.91 Å².